The summed E-state index contributed by atoms with van der Waals surface area (Å²) in [6.45, 7) is 10.3. The molecule has 0 amide bonds. The second kappa shape index (κ2) is 9.68. The van der Waals surface area contributed by atoms with Crippen LogP contribution in [0, 0.1) is 18.3 Å². The van der Waals surface area contributed by atoms with E-state index in [4.69, 9.17) is 4.74 Å². The van der Waals surface area contributed by atoms with Gasteiger partial charge in [-0.05, 0) is 87.4 Å². The molecule has 4 aromatic rings. The van der Waals surface area contributed by atoms with E-state index < -0.39 is 17.6 Å². The third-order valence-electron chi connectivity index (χ3n) is 8.35. The molecule has 0 aliphatic heterocycles. The van der Waals surface area contributed by atoms with Gasteiger partial charge in [0.25, 0.3) is 0 Å². The molecular weight excluding hydrogens is 478 g/mol. The van der Waals surface area contributed by atoms with E-state index in [1.165, 1.54) is 0 Å². The van der Waals surface area contributed by atoms with Crippen molar-refractivity contribution in [2.24, 2.45) is 11.3 Å². The number of carbonyl (C=O) groups is 2. The number of Topliss-reactive ketones (excluding diaryl/α,β-unsaturated/α-hetero) is 1. The molecule has 0 radical (unpaired) electrons. The molecule has 1 saturated carbocycles. The molecule has 6 nitrogen and oxygen atoms in total. The molecule has 5 rings (SSSR count). The maximum Gasteiger partial charge on any atom is 0.193 e. The first-order chi connectivity index (χ1) is 18.0. The zero-order chi connectivity index (χ0) is 27.4. The minimum Gasteiger partial charge on any atom is -0.493 e. The van der Waals surface area contributed by atoms with E-state index in [9.17, 15) is 19.8 Å². The highest BCUT2D eigenvalue weighted by Crippen LogP contribution is 2.42. The summed E-state index contributed by atoms with van der Waals surface area (Å²) in [5.74, 6) is 0.412. The van der Waals surface area contributed by atoms with E-state index >= 15 is 0 Å². The summed E-state index contributed by atoms with van der Waals surface area (Å²) < 4.78 is 8.16. The number of benzene rings is 3. The number of aromatic nitrogens is 1. The molecule has 3 aromatic carbocycles. The minimum atomic E-state index is -0.639. The molecule has 6 heteroatoms. The van der Waals surface area contributed by atoms with Crippen LogP contribution < -0.4 is 4.74 Å². The second-order valence-electron chi connectivity index (χ2n) is 11.2. The molecule has 1 aliphatic rings. The zero-order valence-corrected chi connectivity index (χ0v) is 22.6. The van der Waals surface area contributed by atoms with Gasteiger partial charge in [-0.2, -0.15) is 0 Å². The topological polar surface area (TPSA) is 88.8 Å². The monoisotopic (exact) mass is 513 g/mol. The molecule has 0 spiro atoms. The number of rotatable bonds is 7. The molecule has 0 bridgehead atoms. The van der Waals surface area contributed by atoms with E-state index in [-0.39, 0.29) is 17.5 Å². The Labute approximate surface area is 222 Å². The number of nitrogens with zero attached hydrogens (tertiary/aromatic N) is 1. The molecule has 3 atom stereocenters. The summed E-state index contributed by atoms with van der Waals surface area (Å²) in [5.41, 5.74) is 4.15. The Morgan fingerprint density at radius 2 is 1.61 bits per heavy atom. The fourth-order valence-electron chi connectivity index (χ4n) is 5.83. The Hall–Kier alpha value is -3.48. The third kappa shape index (κ3) is 4.32. The van der Waals surface area contributed by atoms with Crippen LogP contribution in [0.1, 0.15) is 66.0 Å². The summed E-state index contributed by atoms with van der Waals surface area (Å²) in [4.78, 5) is 25.6. The highest BCUT2D eigenvalue weighted by Gasteiger charge is 2.47. The first-order valence-corrected chi connectivity index (χ1v) is 13.2. The summed E-state index contributed by atoms with van der Waals surface area (Å²) in [5, 5.41) is 22.7. The number of aliphatic hydroxyl groups is 2. The lowest BCUT2D eigenvalue weighted by molar-refractivity contribution is -0.0117. The Morgan fingerprint density at radius 3 is 2.16 bits per heavy atom. The van der Waals surface area contributed by atoms with Gasteiger partial charge in [-0.25, -0.2) is 0 Å². The van der Waals surface area contributed by atoms with E-state index in [0.29, 0.717) is 35.5 Å². The SMILES string of the molecule is CCn1c2ccc(C(C)=O)cc2c2cc(C(=O)c3ccc(OCC4CC(O)C(C)(C)C4O)cc3C)ccc21. The number of ether oxygens (including phenoxy) is 1. The molecule has 1 fully saturated rings. The highest BCUT2D eigenvalue weighted by molar-refractivity contribution is 6.16. The van der Waals surface area contributed by atoms with Gasteiger partial charge in [-0.3, -0.25) is 9.59 Å². The smallest absolute Gasteiger partial charge is 0.193 e. The standard InChI is InChI=1S/C32H35NO5/c1-6-33-27-11-7-20(19(3)34)14-25(27)26-15-21(8-12-28(26)33)30(36)24-10-9-23(13-18(24)2)38-17-22-16-29(35)32(4,5)31(22)37/h7-15,22,29,31,35,37H,6,16-17H2,1-5H3. The van der Waals surface area contributed by atoms with E-state index in [0.717, 1.165) is 33.9 Å². The first-order valence-electron chi connectivity index (χ1n) is 13.2. The highest BCUT2D eigenvalue weighted by atomic mass is 16.5. The van der Waals surface area contributed by atoms with Crippen molar-refractivity contribution in [1.29, 1.82) is 0 Å². The Morgan fingerprint density at radius 1 is 0.974 bits per heavy atom. The van der Waals surface area contributed by atoms with Crippen molar-refractivity contribution in [3.8, 4) is 5.75 Å². The first kappa shape index (κ1) is 26.1. The number of hydrogen-bond acceptors (Lipinski definition) is 5. The summed E-state index contributed by atoms with van der Waals surface area (Å²) in [6.07, 6.45) is -0.709. The summed E-state index contributed by atoms with van der Waals surface area (Å²) >= 11 is 0. The molecule has 3 unspecified atom stereocenters. The lowest BCUT2D eigenvalue weighted by Crippen LogP contribution is -2.35. The molecule has 1 aromatic heterocycles. The maximum atomic E-state index is 13.6. The van der Waals surface area contributed by atoms with Crippen LogP contribution in [-0.2, 0) is 6.54 Å². The Kier molecular flexibility index (Phi) is 6.66. The maximum absolute atomic E-state index is 13.6. The molecule has 198 valence electrons. The molecule has 1 heterocycles. The number of aryl methyl sites for hydroxylation is 2. The normalized spacial score (nSPS) is 20.8. The van der Waals surface area contributed by atoms with Gasteiger partial charge < -0.3 is 19.5 Å². The largest absolute Gasteiger partial charge is 0.493 e. The van der Waals surface area contributed by atoms with Crippen LogP contribution in [-0.4, -0.2) is 45.2 Å². The van der Waals surface area contributed by atoms with Crippen LogP contribution in [0.25, 0.3) is 21.8 Å². The van der Waals surface area contributed by atoms with Crippen LogP contribution in [0.3, 0.4) is 0 Å². The van der Waals surface area contributed by atoms with Gasteiger partial charge >= 0.3 is 0 Å². The lowest BCUT2D eigenvalue weighted by atomic mass is 9.86. The van der Waals surface area contributed by atoms with Crippen LogP contribution in [0.15, 0.2) is 54.6 Å². The van der Waals surface area contributed by atoms with Crippen molar-refractivity contribution in [2.75, 3.05) is 6.61 Å². The molecule has 0 saturated heterocycles. The van der Waals surface area contributed by atoms with Crippen molar-refractivity contribution >= 4 is 33.4 Å². The van der Waals surface area contributed by atoms with Gasteiger partial charge in [0.05, 0.1) is 18.8 Å². The van der Waals surface area contributed by atoms with Crippen LogP contribution in [0.4, 0.5) is 0 Å². The average Bonchev–Trinajstić information content (AvgIpc) is 3.31. The van der Waals surface area contributed by atoms with E-state index in [1.807, 2.05) is 63.2 Å². The number of hydrogen-bond donors (Lipinski definition) is 2. The number of fused-ring (bicyclic) bond motifs is 3. The fraction of sp³-hybridized carbons (Fsp3) is 0.375. The minimum absolute atomic E-state index is 0.0109. The number of aliphatic hydroxyl groups excluding tert-OH is 2. The number of ketones is 2. The van der Waals surface area contributed by atoms with Crippen molar-refractivity contribution in [3.05, 3.63) is 76.9 Å². The quantitative estimate of drug-likeness (QED) is 0.309. The van der Waals surface area contributed by atoms with Crippen LogP contribution in [0.2, 0.25) is 0 Å². The van der Waals surface area contributed by atoms with Crippen LogP contribution >= 0.6 is 0 Å². The van der Waals surface area contributed by atoms with Crippen molar-refractivity contribution < 1.29 is 24.5 Å². The van der Waals surface area contributed by atoms with Gasteiger partial charge in [0, 0.05) is 56.4 Å². The lowest BCUT2D eigenvalue weighted by Gasteiger charge is -2.27. The average molecular weight is 514 g/mol. The Balaban J connectivity index is 1.42. The molecule has 38 heavy (non-hydrogen) atoms. The van der Waals surface area contributed by atoms with Crippen molar-refractivity contribution in [1.82, 2.24) is 4.57 Å². The van der Waals surface area contributed by atoms with Crippen molar-refractivity contribution in [3.63, 3.8) is 0 Å². The van der Waals surface area contributed by atoms with Gasteiger partial charge in [-0.15, -0.1) is 0 Å². The van der Waals surface area contributed by atoms with E-state index in [2.05, 4.69) is 11.5 Å². The predicted octanol–water partition coefficient (Wildman–Crippen LogP) is 5.70. The predicted molar refractivity (Wildman–Crippen MR) is 149 cm³/mol. The van der Waals surface area contributed by atoms with Crippen LogP contribution in [0.5, 0.6) is 5.75 Å². The van der Waals surface area contributed by atoms with Gasteiger partial charge in [0.15, 0.2) is 11.6 Å². The molecule has 2 N–H and O–H groups in total. The van der Waals surface area contributed by atoms with Crippen molar-refractivity contribution in [2.45, 2.75) is 59.8 Å². The zero-order valence-electron chi connectivity index (χ0n) is 22.6. The third-order valence-corrected chi connectivity index (χ3v) is 8.35. The molecule has 1 aliphatic carbocycles. The Bertz CT molecular complexity index is 1560. The fourth-order valence-corrected chi connectivity index (χ4v) is 5.83. The summed E-state index contributed by atoms with van der Waals surface area (Å²) in [7, 11) is 0. The second-order valence-corrected chi connectivity index (χ2v) is 11.2. The van der Waals surface area contributed by atoms with Gasteiger partial charge in [0.2, 0.25) is 0 Å². The number of carbonyl (C=O) groups excluding carboxylic acids is 2. The van der Waals surface area contributed by atoms with Gasteiger partial charge in [0.1, 0.15) is 5.75 Å². The molecular formula is C32H35NO5. The van der Waals surface area contributed by atoms with Gasteiger partial charge in [-0.1, -0.05) is 13.8 Å². The van der Waals surface area contributed by atoms with E-state index in [1.54, 1.807) is 19.1 Å². The summed E-state index contributed by atoms with van der Waals surface area (Å²) in [6, 6.07) is 16.9.